The molecule has 1 aromatic rings. The van der Waals surface area contributed by atoms with Crippen LogP contribution in [0.25, 0.3) is 0 Å². The number of amidine groups is 1. The Hall–Kier alpha value is -2.04. The molecule has 0 saturated heterocycles. The first-order chi connectivity index (χ1) is 11.9. The molecule has 1 aromatic carbocycles. The fraction of sp³-hybridized carbons (Fsp3) is 0.600. The van der Waals surface area contributed by atoms with E-state index in [4.69, 9.17) is 9.73 Å². The minimum absolute atomic E-state index is 0.365. The van der Waals surface area contributed by atoms with Gasteiger partial charge in [-0.15, -0.1) is 0 Å². The zero-order chi connectivity index (χ0) is 17.9. The summed E-state index contributed by atoms with van der Waals surface area (Å²) in [5, 5.41) is 6.38. The van der Waals surface area contributed by atoms with Crippen LogP contribution in [0.15, 0.2) is 29.3 Å². The smallest absolute Gasteiger partial charge is 0.407 e. The number of benzene rings is 1. The topological polar surface area (TPSA) is 62.7 Å². The van der Waals surface area contributed by atoms with E-state index in [1.54, 1.807) is 0 Å². The van der Waals surface area contributed by atoms with Crippen molar-refractivity contribution in [1.82, 2.24) is 10.6 Å². The molecule has 2 aliphatic rings. The molecule has 2 atom stereocenters. The minimum Gasteiger partial charge on any atom is -0.444 e. The average molecular weight is 343 g/mol. The number of hydrogen-bond donors (Lipinski definition) is 2. The number of nitrogens with one attached hydrogen (secondary N) is 2. The summed E-state index contributed by atoms with van der Waals surface area (Å²) in [4.78, 5) is 16.5. The van der Waals surface area contributed by atoms with Crippen molar-refractivity contribution in [2.45, 2.75) is 70.6 Å². The van der Waals surface area contributed by atoms with Crippen molar-refractivity contribution in [3.63, 3.8) is 0 Å². The predicted octanol–water partition coefficient (Wildman–Crippen LogP) is 3.41. The van der Waals surface area contributed by atoms with Gasteiger partial charge in [-0.25, -0.2) is 4.79 Å². The number of alkyl carbamates (subject to hydrolysis) is 1. The number of ether oxygens (including phenoxy) is 1. The Kier molecular flexibility index (Phi) is 5.30. The Morgan fingerprint density at radius 2 is 1.96 bits per heavy atom. The molecular formula is C20H29N3O2. The lowest BCUT2D eigenvalue weighted by atomic mass is 9.92. The molecule has 1 aliphatic heterocycles. The van der Waals surface area contributed by atoms with Crippen LogP contribution in [0.5, 0.6) is 0 Å². The second kappa shape index (κ2) is 7.46. The quantitative estimate of drug-likeness (QED) is 0.880. The molecule has 5 nitrogen and oxygen atoms in total. The number of amides is 1. The van der Waals surface area contributed by atoms with Gasteiger partial charge in [0.05, 0.1) is 6.04 Å². The van der Waals surface area contributed by atoms with Crippen molar-refractivity contribution in [3.8, 4) is 0 Å². The molecule has 0 bridgehead atoms. The Bertz CT molecular complexity index is 631. The van der Waals surface area contributed by atoms with Gasteiger partial charge in [-0.05, 0) is 45.6 Å². The average Bonchev–Trinajstić information content (AvgIpc) is 2.98. The highest BCUT2D eigenvalue weighted by molar-refractivity contribution is 6.00. The third kappa shape index (κ3) is 4.97. The van der Waals surface area contributed by atoms with Gasteiger partial charge in [-0.1, -0.05) is 37.1 Å². The highest BCUT2D eigenvalue weighted by Gasteiger charge is 2.30. The number of hydrogen-bond acceptors (Lipinski definition) is 4. The van der Waals surface area contributed by atoms with E-state index < -0.39 is 5.60 Å². The number of carbonyl (C=O) groups is 1. The Morgan fingerprint density at radius 3 is 2.64 bits per heavy atom. The summed E-state index contributed by atoms with van der Waals surface area (Å²) in [6, 6.07) is 9.44. The van der Waals surface area contributed by atoms with Crippen LogP contribution in [0.3, 0.4) is 0 Å². The monoisotopic (exact) mass is 343 g/mol. The minimum atomic E-state index is -0.460. The van der Waals surface area contributed by atoms with Crippen LogP contribution in [-0.4, -0.2) is 36.2 Å². The van der Waals surface area contributed by atoms with Gasteiger partial charge in [0, 0.05) is 18.2 Å². The zero-order valence-electron chi connectivity index (χ0n) is 15.5. The first-order valence-electron chi connectivity index (χ1n) is 9.31. The molecule has 1 saturated carbocycles. The predicted molar refractivity (Wildman–Crippen MR) is 100 cm³/mol. The molecular weight excluding hydrogens is 314 g/mol. The maximum Gasteiger partial charge on any atom is 0.407 e. The summed E-state index contributed by atoms with van der Waals surface area (Å²) in [5.41, 5.74) is 1.88. The standard InChI is InChI=1S/C20H29N3O2/c1-20(2,3)25-19(24)21-13-12-14-8-10-15(11-9-14)18-22-16-6-4-5-7-17(16)23-18/h8-11,16-17H,4-7,12-13H2,1-3H3,(H,21,24)(H,22,23). The van der Waals surface area contributed by atoms with Crippen molar-refractivity contribution in [2.75, 3.05) is 6.54 Å². The SMILES string of the molecule is CC(C)(C)OC(=O)NCCc1ccc(C2=NC3CCCCC3N2)cc1. The number of carbonyl (C=O) groups excluding carboxylic acids is 1. The van der Waals surface area contributed by atoms with E-state index in [2.05, 4.69) is 34.9 Å². The van der Waals surface area contributed by atoms with Gasteiger partial charge in [0.1, 0.15) is 11.4 Å². The Morgan fingerprint density at radius 1 is 1.24 bits per heavy atom. The lowest BCUT2D eigenvalue weighted by molar-refractivity contribution is 0.0528. The summed E-state index contributed by atoms with van der Waals surface area (Å²) in [5.74, 6) is 1.04. The van der Waals surface area contributed by atoms with Crippen molar-refractivity contribution in [1.29, 1.82) is 0 Å². The van der Waals surface area contributed by atoms with Crippen LogP contribution in [0.4, 0.5) is 4.79 Å². The molecule has 0 aromatic heterocycles. The fourth-order valence-electron chi connectivity index (χ4n) is 3.42. The maximum atomic E-state index is 11.6. The van der Waals surface area contributed by atoms with E-state index in [-0.39, 0.29) is 6.09 Å². The van der Waals surface area contributed by atoms with Crippen molar-refractivity contribution >= 4 is 11.9 Å². The zero-order valence-corrected chi connectivity index (χ0v) is 15.5. The molecule has 1 fully saturated rings. The van der Waals surface area contributed by atoms with Crippen molar-refractivity contribution < 1.29 is 9.53 Å². The van der Waals surface area contributed by atoms with Crippen LogP contribution in [0.1, 0.15) is 57.6 Å². The van der Waals surface area contributed by atoms with E-state index in [0.29, 0.717) is 18.6 Å². The number of nitrogens with zero attached hydrogens (tertiary/aromatic N) is 1. The summed E-state index contributed by atoms with van der Waals surface area (Å²) >= 11 is 0. The van der Waals surface area contributed by atoms with Crippen LogP contribution in [0, 0.1) is 0 Å². The molecule has 1 aliphatic carbocycles. The van der Waals surface area contributed by atoms with Crippen LogP contribution < -0.4 is 10.6 Å². The first kappa shape index (κ1) is 17.8. The molecule has 0 spiro atoms. The van der Waals surface area contributed by atoms with E-state index >= 15 is 0 Å². The lowest BCUT2D eigenvalue weighted by Crippen LogP contribution is -2.37. The molecule has 5 heteroatoms. The van der Waals surface area contributed by atoms with Gasteiger partial charge in [-0.3, -0.25) is 4.99 Å². The van der Waals surface area contributed by atoms with E-state index in [0.717, 1.165) is 17.8 Å². The molecule has 25 heavy (non-hydrogen) atoms. The molecule has 2 N–H and O–H groups in total. The lowest BCUT2D eigenvalue weighted by Gasteiger charge is -2.23. The molecule has 0 radical (unpaired) electrons. The van der Waals surface area contributed by atoms with Gasteiger partial charge in [0.2, 0.25) is 0 Å². The van der Waals surface area contributed by atoms with Gasteiger partial charge in [0.15, 0.2) is 0 Å². The van der Waals surface area contributed by atoms with E-state index in [1.807, 2.05) is 20.8 Å². The second-order valence-electron chi connectivity index (χ2n) is 7.96. The molecule has 136 valence electrons. The van der Waals surface area contributed by atoms with Gasteiger partial charge < -0.3 is 15.4 Å². The van der Waals surface area contributed by atoms with Crippen LogP contribution in [0.2, 0.25) is 0 Å². The summed E-state index contributed by atoms with van der Waals surface area (Å²) in [6.07, 6.45) is 5.45. The largest absolute Gasteiger partial charge is 0.444 e. The highest BCUT2D eigenvalue weighted by atomic mass is 16.6. The van der Waals surface area contributed by atoms with Crippen LogP contribution >= 0.6 is 0 Å². The number of rotatable bonds is 4. The molecule has 1 amide bonds. The summed E-state index contributed by atoms with van der Waals surface area (Å²) < 4.78 is 5.23. The molecule has 1 heterocycles. The van der Waals surface area contributed by atoms with Gasteiger partial charge >= 0.3 is 6.09 Å². The normalized spacial score (nSPS) is 22.6. The number of aliphatic imine (C=N–C) groups is 1. The molecule has 2 unspecified atom stereocenters. The fourth-order valence-corrected chi connectivity index (χ4v) is 3.42. The number of fused-ring (bicyclic) bond motifs is 1. The second-order valence-corrected chi connectivity index (χ2v) is 7.96. The van der Waals surface area contributed by atoms with Gasteiger partial charge in [-0.2, -0.15) is 0 Å². The van der Waals surface area contributed by atoms with E-state index in [9.17, 15) is 4.79 Å². The summed E-state index contributed by atoms with van der Waals surface area (Å²) in [6.45, 7) is 6.15. The third-order valence-electron chi connectivity index (χ3n) is 4.66. The third-order valence-corrected chi connectivity index (χ3v) is 4.66. The Labute approximate surface area is 150 Å². The Balaban J connectivity index is 1.49. The van der Waals surface area contributed by atoms with E-state index in [1.165, 1.54) is 31.2 Å². The first-order valence-corrected chi connectivity index (χ1v) is 9.31. The van der Waals surface area contributed by atoms with Crippen LogP contribution in [-0.2, 0) is 11.2 Å². The van der Waals surface area contributed by atoms with Crippen molar-refractivity contribution in [3.05, 3.63) is 35.4 Å². The van der Waals surface area contributed by atoms with Crippen molar-refractivity contribution in [2.24, 2.45) is 4.99 Å². The van der Waals surface area contributed by atoms with Gasteiger partial charge in [0.25, 0.3) is 0 Å². The summed E-state index contributed by atoms with van der Waals surface area (Å²) in [7, 11) is 0. The molecule has 3 rings (SSSR count). The maximum absolute atomic E-state index is 11.6. The highest BCUT2D eigenvalue weighted by Crippen LogP contribution is 2.26.